The van der Waals surface area contributed by atoms with Crippen molar-refractivity contribution in [2.45, 2.75) is 18.0 Å². The Bertz CT molecular complexity index is 1600. The van der Waals surface area contributed by atoms with Crippen molar-refractivity contribution in [1.29, 1.82) is 0 Å². The lowest BCUT2D eigenvalue weighted by Gasteiger charge is -2.29. The standard InChI is InChI=1S/C28H21BrN4O3/c29-16-6-5-7-17(13-16)33-25(34)23-22(12-15-14-30-20-10-3-1-8-18(15)20)32-28(24(23)26(33)35)19-9-2-4-11-21(19)31-27(28)36/h1-11,13-14,22-24,30,32H,12H2,(H,31,36)/t22-,23-,24+,28-/m1/s1. The molecule has 7 nitrogen and oxygen atoms in total. The number of rotatable bonds is 3. The van der Waals surface area contributed by atoms with Crippen LogP contribution in [0.5, 0.6) is 0 Å². The van der Waals surface area contributed by atoms with Crippen molar-refractivity contribution < 1.29 is 14.4 Å². The number of aromatic amines is 1. The molecule has 178 valence electrons. The third kappa shape index (κ3) is 2.79. The van der Waals surface area contributed by atoms with Crippen LogP contribution in [-0.2, 0) is 26.3 Å². The van der Waals surface area contributed by atoms with E-state index >= 15 is 0 Å². The molecule has 0 unspecified atom stereocenters. The third-order valence-electron chi connectivity index (χ3n) is 7.80. The van der Waals surface area contributed by atoms with Gasteiger partial charge in [0.05, 0.1) is 17.5 Å². The summed E-state index contributed by atoms with van der Waals surface area (Å²) in [6.45, 7) is 0. The molecule has 3 aliphatic rings. The summed E-state index contributed by atoms with van der Waals surface area (Å²) < 4.78 is 0.768. The maximum Gasteiger partial charge on any atom is 0.250 e. The topological polar surface area (TPSA) is 94.3 Å². The minimum Gasteiger partial charge on any atom is -0.361 e. The van der Waals surface area contributed by atoms with E-state index in [-0.39, 0.29) is 17.7 Å². The van der Waals surface area contributed by atoms with Crippen LogP contribution in [-0.4, -0.2) is 28.7 Å². The number of aromatic nitrogens is 1. The first-order valence-corrected chi connectivity index (χ1v) is 12.7. The summed E-state index contributed by atoms with van der Waals surface area (Å²) in [5.74, 6) is -2.49. The van der Waals surface area contributed by atoms with Crippen LogP contribution in [0.4, 0.5) is 11.4 Å². The fraction of sp³-hybridized carbons (Fsp3) is 0.179. The molecule has 4 heterocycles. The number of para-hydroxylation sites is 2. The summed E-state index contributed by atoms with van der Waals surface area (Å²) in [6, 6.07) is 22.1. The van der Waals surface area contributed by atoms with Crippen LogP contribution in [0, 0.1) is 11.8 Å². The average molecular weight is 541 g/mol. The molecule has 3 aromatic carbocycles. The van der Waals surface area contributed by atoms with Crippen molar-refractivity contribution in [3.63, 3.8) is 0 Å². The molecule has 0 radical (unpaired) electrons. The van der Waals surface area contributed by atoms with E-state index < -0.39 is 23.4 Å². The van der Waals surface area contributed by atoms with Gasteiger partial charge in [0.15, 0.2) is 0 Å². The van der Waals surface area contributed by atoms with Gasteiger partial charge in [0, 0.05) is 38.9 Å². The highest BCUT2D eigenvalue weighted by Gasteiger charge is 2.70. The summed E-state index contributed by atoms with van der Waals surface area (Å²) in [7, 11) is 0. The van der Waals surface area contributed by atoms with Crippen molar-refractivity contribution in [2.24, 2.45) is 11.8 Å². The first-order chi connectivity index (χ1) is 17.5. The summed E-state index contributed by atoms with van der Waals surface area (Å²) in [5.41, 5.74) is 2.61. The molecule has 1 spiro atoms. The lowest BCUT2D eigenvalue weighted by molar-refractivity contribution is -0.130. The fourth-order valence-corrected chi connectivity index (χ4v) is 6.73. The van der Waals surface area contributed by atoms with Crippen molar-refractivity contribution in [1.82, 2.24) is 10.3 Å². The van der Waals surface area contributed by atoms with Gasteiger partial charge >= 0.3 is 0 Å². The van der Waals surface area contributed by atoms with Crippen LogP contribution in [0.25, 0.3) is 10.9 Å². The highest BCUT2D eigenvalue weighted by atomic mass is 79.9. The van der Waals surface area contributed by atoms with Crippen LogP contribution in [0.3, 0.4) is 0 Å². The molecule has 2 saturated heterocycles. The Balaban J connectivity index is 1.38. The lowest BCUT2D eigenvalue weighted by atomic mass is 9.76. The zero-order valence-corrected chi connectivity index (χ0v) is 20.6. The number of hydrogen-bond acceptors (Lipinski definition) is 4. The fourth-order valence-electron chi connectivity index (χ4n) is 6.34. The van der Waals surface area contributed by atoms with Gasteiger partial charge in [-0.2, -0.15) is 0 Å². The number of H-pyrrole nitrogens is 1. The van der Waals surface area contributed by atoms with Gasteiger partial charge in [0.25, 0.3) is 0 Å². The first kappa shape index (κ1) is 21.5. The monoisotopic (exact) mass is 540 g/mol. The first-order valence-electron chi connectivity index (χ1n) is 11.9. The largest absolute Gasteiger partial charge is 0.361 e. The van der Waals surface area contributed by atoms with E-state index in [2.05, 4.69) is 31.5 Å². The number of carbonyl (C=O) groups excluding carboxylic acids is 3. The molecule has 4 aromatic rings. The molecule has 0 bridgehead atoms. The summed E-state index contributed by atoms with van der Waals surface area (Å²) >= 11 is 3.45. The maximum absolute atomic E-state index is 14.0. The smallest absolute Gasteiger partial charge is 0.250 e. The molecular formula is C28H21BrN4O3. The van der Waals surface area contributed by atoms with E-state index in [1.165, 1.54) is 4.90 Å². The van der Waals surface area contributed by atoms with Crippen molar-refractivity contribution in [2.75, 3.05) is 10.2 Å². The Labute approximate surface area is 215 Å². The second kappa shape index (κ2) is 7.62. The van der Waals surface area contributed by atoms with Crippen molar-refractivity contribution >= 4 is 55.9 Å². The predicted octanol–water partition coefficient (Wildman–Crippen LogP) is 4.10. The van der Waals surface area contributed by atoms with E-state index in [0.29, 0.717) is 23.4 Å². The van der Waals surface area contributed by atoms with Gasteiger partial charge in [-0.3, -0.25) is 19.7 Å². The highest BCUT2D eigenvalue weighted by molar-refractivity contribution is 9.10. The molecule has 4 atom stereocenters. The molecule has 0 saturated carbocycles. The van der Waals surface area contributed by atoms with Crippen LogP contribution in [0.2, 0.25) is 0 Å². The molecule has 2 fully saturated rings. The number of imide groups is 1. The number of benzene rings is 3. The van der Waals surface area contributed by atoms with Gasteiger partial charge in [-0.15, -0.1) is 0 Å². The van der Waals surface area contributed by atoms with Gasteiger partial charge in [-0.25, -0.2) is 4.90 Å². The Hall–Kier alpha value is -3.75. The molecule has 8 heteroatoms. The van der Waals surface area contributed by atoms with E-state index in [1.807, 2.05) is 60.8 Å². The van der Waals surface area contributed by atoms with E-state index in [0.717, 1.165) is 20.9 Å². The minimum absolute atomic E-state index is 0.283. The Morgan fingerprint density at radius 3 is 2.58 bits per heavy atom. The normalized spacial score (nSPS) is 26.6. The van der Waals surface area contributed by atoms with E-state index in [4.69, 9.17) is 0 Å². The van der Waals surface area contributed by atoms with Gasteiger partial charge in [0.2, 0.25) is 17.7 Å². The summed E-state index contributed by atoms with van der Waals surface area (Å²) in [4.78, 5) is 46.2. The van der Waals surface area contributed by atoms with Crippen molar-refractivity contribution in [3.8, 4) is 0 Å². The molecule has 7 rings (SSSR count). The minimum atomic E-state index is -1.31. The highest BCUT2D eigenvalue weighted by Crippen LogP contribution is 2.54. The zero-order chi connectivity index (χ0) is 24.6. The van der Waals surface area contributed by atoms with Crippen LogP contribution >= 0.6 is 15.9 Å². The predicted molar refractivity (Wildman–Crippen MR) is 139 cm³/mol. The number of carbonyl (C=O) groups is 3. The van der Waals surface area contributed by atoms with Crippen molar-refractivity contribution in [3.05, 3.63) is 94.6 Å². The molecule has 3 N–H and O–H groups in total. The second-order valence-corrected chi connectivity index (χ2v) is 10.5. The van der Waals surface area contributed by atoms with Crippen LogP contribution in [0.1, 0.15) is 11.1 Å². The van der Waals surface area contributed by atoms with E-state index in [1.54, 1.807) is 18.2 Å². The molecule has 1 aromatic heterocycles. The van der Waals surface area contributed by atoms with Gasteiger partial charge in [-0.1, -0.05) is 58.4 Å². The molecule has 36 heavy (non-hydrogen) atoms. The van der Waals surface area contributed by atoms with Crippen LogP contribution in [0.15, 0.2) is 83.5 Å². The number of amides is 3. The number of hydrogen-bond donors (Lipinski definition) is 3. The number of nitrogens with one attached hydrogen (secondary N) is 3. The summed E-state index contributed by atoms with van der Waals surface area (Å²) in [5, 5.41) is 7.54. The van der Waals surface area contributed by atoms with Crippen LogP contribution < -0.4 is 15.5 Å². The quantitative estimate of drug-likeness (QED) is 0.341. The average Bonchev–Trinajstić information content (AvgIpc) is 3.58. The SMILES string of the molecule is O=C1[C@H]2[C@@H](C(=O)N1c1cccc(Br)c1)[C@@]1(N[C@@H]2Cc2c[nH]c3ccccc23)C(=O)Nc2ccccc21. The molecular weight excluding hydrogens is 520 g/mol. The Morgan fingerprint density at radius 2 is 1.72 bits per heavy atom. The number of fused-ring (bicyclic) bond motifs is 5. The second-order valence-electron chi connectivity index (χ2n) is 9.62. The van der Waals surface area contributed by atoms with Gasteiger partial charge in [-0.05, 0) is 42.3 Å². The molecule has 3 aliphatic heterocycles. The Morgan fingerprint density at radius 1 is 0.917 bits per heavy atom. The van der Waals surface area contributed by atoms with Gasteiger partial charge in [0.1, 0.15) is 5.54 Å². The third-order valence-corrected chi connectivity index (χ3v) is 8.30. The maximum atomic E-state index is 14.0. The number of anilines is 2. The lowest BCUT2D eigenvalue weighted by Crippen LogP contribution is -2.53. The number of halogens is 1. The summed E-state index contributed by atoms with van der Waals surface area (Å²) in [6.07, 6.45) is 2.44. The molecule has 3 amide bonds. The molecule has 0 aliphatic carbocycles. The number of nitrogens with zero attached hydrogens (tertiary/aromatic N) is 1. The Kier molecular flexibility index (Phi) is 4.56. The van der Waals surface area contributed by atoms with E-state index in [9.17, 15) is 14.4 Å². The van der Waals surface area contributed by atoms with Gasteiger partial charge < -0.3 is 10.3 Å². The zero-order valence-electron chi connectivity index (χ0n) is 19.0.